The Labute approximate surface area is 436 Å². The second-order valence-electron chi connectivity index (χ2n) is 21.3. The van der Waals surface area contributed by atoms with Crippen molar-refractivity contribution < 1.29 is 28.6 Å². The summed E-state index contributed by atoms with van der Waals surface area (Å²) in [6, 6.07) is 0. The average molecular weight is 986 g/mol. The van der Waals surface area contributed by atoms with E-state index < -0.39 is 6.10 Å². The largest absolute Gasteiger partial charge is 0.462 e. The topological polar surface area (TPSA) is 78.9 Å². The average Bonchev–Trinajstić information content (AvgIpc) is 3.36. The second-order valence-corrected chi connectivity index (χ2v) is 21.3. The Bertz CT molecular complexity index is 1130. The summed E-state index contributed by atoms with van der Waals surface area (Å²) in [5.41, 5.74) is 0. The van der Waals surface area contributed by atoms with Crippen molar-refractivity contribution in [2.24, 2.45) is 0 Å². The predicted molar refractivity (Wildman–Crippen MR) is 303 cm³/mol. The van der Waals surface area contributed by atoms with Crippen molar-refractivity contribution in [2.75, 3.05) is 13.2 Å². The predicted octanol–water partition coefficient (Wildman–Crippen LogP) is 21.1. The molecule has 1 atom stereocenters. The lowest BCUT2D eigenvalue weighted by atomic mass is 10.0. The zero-order valence-electron chi connectivity index (χ0n) is 47.3. The van der Waals surface area contributed by atoms with E-state index in [0.717, 1.165) is 70.6 Å². The van der Waals surface area contributed by atoms with Crippen LogP contribution in [-0.2, 0) is 28.6 Å². The summed E-state index contributed by atoms with van der Waals surface area (Å²) in [4.78, 5) is 37.9. The lowest BCUT2D eigenvalue weighted by Crippen LogP contribution is -2.30. The van der Waals surface area contributed by atoms with Gasteiger partial charge in [-0.25, -0.2) is 0 Å². The number of esters is 3. The number of hydrogen-bond donors (Lipinski definition) is 0. The highest BCUT2D eigenvalue weighted by atomic mass is 16.6. The molecule has 0 fully saturated rings. The van der Waals surface area contributed by atoms with Gasteiger partial charge in [-0.1, -0.05) is 302 Å². The first-order valence-electron chi connectivity index (χ1n) is 31.3. The molecule has 0 rings (SSSR count). The Kier molecular flexibility index (Phi) is 57.7. The smallest absolute Gasteiger partial charge is 0.306 e. The van der Waals surface area contributed by atoms with Crippen LogP contribution in [0.1, 0.15) is 348 Å². The molecule has 0 heterocycles. The molecule has 0 amide bonds. The van der Waals surface area contributed by atoms with E-state index in [-0.39, 0.29) is 31.1 Å². The molecule has 0 saturated heterocycles. The Hall–Kier alpha value is -2.11. The number of ether oxygens (including phenoxy) is 3. The molecule has 0 spiro atoms. The van der Waals surface area contributed by atoms with Crippen LogP contribution in [0.15, 0.2) is 24.3 Å². The van der Waals surface area contributed by atoms with E-state index in [0.29, 0.717) is 19.3 Å². The lowest BCUT2D eigenvalue weighted by molar-refractivity contribution is -0.167. The van der Waals surface area contributed by atoms with E-state index in [2.05, 4.69) is 45.1 Å². The van der Waals surface area contributed by atoms with Crippen LogP contribution in [-0.4, -0.2) is 37.2 Å². The van der Waals surface area contributed by atoms with Gasteiger partial charge in [-0.3, -0.25) is 14.4 Å². The lowest BCUT2D eigenvalue weighted by Gasteiger charge is -2.18. The van der Waals surface area contributed by atoms with Gasteiger partial charge in [-0.05, 0) is 51.4 Å². The van der Waals surface area contributed by atoms with Crippen molar-refractivity contribution in [3.63, 3.8) is 0 Å². The molecule has 412 valence electrons. The van der Waals surface area contributed by atoms with Crippen LogP contribution < -0.4 is 0 Å². The van der Waals surface area contributed by atoms with Gasteiger partial charge in [0, 0.05) is 19.3 Å². The van der Waals surface area contributed by atoms with Crippen LogP contribution >= 0.6 is 0 Å². The van der Waals surface area contributed by atoms with Crippen molar-refractivity contribution in [3.05, 3.63) is 24.3 Å². The molecule has 70 heavy (non-hydrogen) atoms. The Morgan fingerprint density at radius 3 is 0.786 bits per heavy atom. The van der Waals surface area contributed by atoms with E-state index in [4.69, 9.17) is 14.2 Å². The number of unbranched alkanes of at least 4 members (excludes halogenated alkanes) is 43. The van der Waals surface area contributed by atoms with Gasteiger partial charge in [-0.15, -0.1) is 0 Å². The van der Waals surface area contributed by atoms with Gasteiger partial charge in [0.1, 0.15) is 13.2 Å². The van der Waals surface area contributed by atoms with Crippen molar-refractivity contribution in [2.45, 2.75) is 354 Å². The molecule has 0 aliphatic carbocycles. The van der Waals surface area contributed by atoms with Gasteiger partial charge in [0.2, 0.25) is 0 Å². The van der Waals surface area contributed by atoms with Crippen LogP contribution in [0.2, 0.25) is 0 Å². The molecule has 0 bridgehead atoms. The van der Waals surface area contributed by atoms with Gasteiger partial charge in [0.15, 0.2) is 6.10 Å². The van der Waals surface area contributed by atoms with E-state index in [1.54, 1.807) is 0 Å². The highest BCUT2D eigenvalue weighted by molar-refractivity contribution is 5.71. The highest BCUT2D eigenvalue weighted by Gasteiger charge is 2.19. The fourth-order valence-electron chi connectivity index (χ4n) is 9.48. The van der Waals surface area contributed by atoms with Gasteiger partial charge in [0.05, 0.1) is 0 Å². The SMILES string of the molecule is CCCCCCC/C=C\C/C=C\CCCCCCCCCCCCCCCC(=O)OCC(COC(=O)CCCCCCC)OC(=O)CCCCCCCCCCCCCCCCCCCCCCCC. The minimum absolute atomic E-state index is 0.0670. The van der Waals surface area contributed by atoms with Crippen LogP contribution in [0, 0.1) is 0 Å². The van der Waals surface area contributed by atoms with Gasteiger partial charge in [-0.2, -0.15) is 0 Å². The van der Waals surface area contributed by atoms with Crippen molar-refractivity contribution >= 4 is 17.9 Å². The maximum atomic E-state index is 12.8. The Balaban J connectivity index is 4.00. The van der Waals surface area contributed by atoms with Crippen molar-refractivity contribution in [1.82, 2.24) is 0 Å². The normalized spacial score (nSPS) is 12.1. The fraction of sp³-hybridized carbons (Fsp3) is 0.891. The summed E-state index contributed by atoms with van der Waals surface area (Å²) in [5, 5.41) is 0. The maximum Gasteiger partial charge on any atom is 0.306 e. The van der Waals surface area contributed by atoms with Crippen molar-refractivity contribution in [3.8, 4) is 0 Å². The minimum atomic E-state index is -0.764. The summed E-state index contributed by atoms with van der Waals surface area (Å²) in [6.45, 7) is 6.61. The fourth-order valence-corrected chi connectivity index (χ4v) is 9.48. The molecule has 0 aliphatic rings. The molecule has 6 heteroatoms. The molecule has 0 aromatic heterocycles. The second kappa shape index (κ2) is 59.5. The zero-order chi connectivity index (χ0) is 50.7. The molecule has 0 radical (unpaired) electrons. The van der Waals surface area contributed by atoms with Crippen molar-refractivity contribution in [1.29, 1.82) is 0 Å². The molecule has 1 unspecified atom stereocenters. The molecule has 6 nitrogen and oxygen atoms in total. The van der Waals surface area contributed by atoms with E-state index in [1.807, 2.05) is 0 Å². The first-order valence-corrected chi connectivity index (χ1v) is 31.3. The molecular weight excluding hydrogens is 865 g/mol. The summed E-state index contributed by atoms with van der Waals surface area (Å²) in [5.74, 6) is -0.859. The third kappa shape index (κ3) is 56.8. The molecule has 0 saturated carbocycles. The first-order chi connectivity index (χ1) is 34.5. The summed E-state index contributed by atoms with van der Waals surface area (Å²) in [7, 11) is 0. The monoisotopic (exact) mass is 985 g/mol. The van der Waals surface area contributed by atoms with Crippen LogP contribution in [0.3, 0.4) is 0 Å². The van der Waals surface area contributed by atoms with Gasteiger partial charge >= 0.3 is 17.9 Å². The van der Waals surface area contributed by atoms with Crippen LogP contribution in [0.5, 0.6) is 0 Å². The summed E-state index contributed by atoms with van der Waals surface area (Å²) >= 11 is 0. The molecule has 0 aromatic carbocycles. The number of carbonyl (C=O) groups excluding carboxylic acids is 3. The number of allylic oxidation sites excluding steroid dienone is 4. The molecule has 0 N–H and O–H groups in total. The summed E-state index contributed by atoms with van der Waals surface area (Å²) < 4.78 is 16.8. The van der Waals surface area contributed by atoms with Gasteiger partial charge in [0.25, 0.3) is 0 Å². The third-order valence-corrected chi connectivity index (χ3v) is 14.2. The number of carbonyl (C=O) groups is 3. The Morgan fingerprint density at radius 2 is 0.514 bits per heavy atom. The third-order valence-electron chi connectivity index (χ3n) is 14.2. The molecule has 0 aliphatic heterocycles. The van der Waals surface area contributed by atoms with E-state index in [9.17, 15) is 14.4 Å². The highest BCUT2D eigenvalue weighted by Crippen LogP contribution is 2.18. The van der Waals surface area contributed by atoms with Crippen LogP contribution in [0.4, 0.5) is 0 Å². The quantitative estimate of drug-likeness (QED) is 0.0261. The minimum Gasteiger partial charge on any atom is -0.462 e. The van der Waals surface area contributed by atoms with E-state index >= 15 is 0 Å². The molecule has 0 aromatic rings. The standard InChI is InChI=1S/C64H120O6/c1-4-7-10-13-15-17-19-21-23-25-27-29-31-32-33-35-36-38-40-42-44-46-48-51-54-57-63(66)69-60-61(59-68-62(65)56-53-50-12-9-6-3)70-64(67)58-55-52-49-47-45-43-41-39-37-34-30-28-26-24-22-20-18-16-14-11-8-5-2/h19,21,25,27,61H,4-18,20,22-24,26,28-60H2,1-3H3/b21-19-,27-25-. The maximum absolute atomic E-state index is 12.8. The first kappa shape index (κ1) is 67.9. The van der Waals surface area contributed by atoms with E-state index in [1.165, 1.54) is 238 Å². The van der Waals surface area contributed by atoms with Gasteiger partial charge < -0.3 is 14.2 Å². The molecular formula is C64H120O6. The summed E-state index contributed by atoms with van der Waals surface area (Å²) in [6.07, 6.45) is 70.9. The number of hydrogen-bond acceptors (Lipinski definition) is 6. The number of rotatable bonds is 58. The zero-order valence-corrected chi connectivity index (χ0v) is 47.3. The van der Waals surface area contributed by atoms with Crippen LogP contribution in [0.25, 0.3) is 0 Å². The Morgan fingerprint density at radius 1 is 0.286 bits per heavy atom.